The van der Waals surface area contributed by atoms with Crippen LogP contribution in [-0.4, -0.2) is 39.1 Å². The van der Waals surface area contributed by atoms with Crippen molar-refractivity contribution in [2.75, 3.05) is 13.1 Å². The van der Waals surface area contributed by atoms with E-state index in [9.17, 15) is 5.11 Å². The molecule has 0 saturated carbocycles. The topological polar surface area (TPSA) is 63.0 Å². The maximum atomic E-state index is 9.41. The predicted molar refractivity (Wildman–Crippen MR) is 65.6 cm³/mol. The second-order valence-corrected chi connectivity index (χ2v) is 5.00. The quantitative estimate of drug-likeness (QED) is 0.806. The molecule has 96 valence electrons. The summed E-state index contributed by atoms with van der Waals surface area (Å²) in [5, 5.41) is 21.0. The highest BCUT2D eigenvalue weighted by Gasteiger charge is 2.16. The zero-order valence-corrected chi connectivity index (χ0v) is 10.5. The summed E-state index contributed by atoms with van der Waals surface area (Å²) >= 11 is 0. The van der Waals surface area contributed by atoms with Crippen LogP contribution in [0.15, 0.2) is 6.33 Å². The zero-order valence-electron chi connectivity index (χ0n) is 10.5. The minimum absolute atomic E-state index is 0.347. The highest BCUT2D eigenvalue weighted by Crippen LogP contribution is 2.18. The smallest absolute Gasteiger partial charge is 0.133 e. The summed E-state index contributed by atoms with van der Waals surface area (Å²) in [5.41, 5.74) is 0. The van der Waals surface area contributed by atoms with Gasteiger partial charge in [0.1, 0.15) is 12.2 Å². The summed E-state index contributed by atoms with van der Waals surface area (Å²) in [7, 11) is 0. The van der Waals surface area contributed by atoms with Crippen LogP contribution < -0.4 is 5.32 Å². The number of rotatable bonds is 4. The van der Waals surface area contributed by atoms with E-state index in [0.717, 1.165) is 25.3 Å². The highest BCUT2D eigenvalue weighted by molar-refractivity contribution is 4.89. The molecule has 2 heterocycles. The fourth-order valence-electron chi connectivity index (χ4n) is 2.43. The Morgan fingerprint density at radius 2 is 2.41 bits per heavy atom. The summed E-state index contributed by atoms with van der Waals surface area (Å²) in [6.07, 6.45) is 6.07. The van der Waals surface area contributed by atoms with E-state index in [1.54, 1.807) is 13.3 Å². The van der Waals surface area contributed by atoms with E-state index < -0.39 is 0 Å². The normalized spacial score (nSPS) is 23.3. The molecule has 0 radical (unpaired) electrons. The van der Waals surface area contributed by atoms with Crippen LogP contribution in [-0.2, 0) is 13.0 Å². The van der Waals surface area contributed by atoms with E-state index in [1.165, 1.54) is 19.3 Å². The van der Waals surface area contributed by atoms with Gasteiger partial charge in [0.2, 0.25) is 0 Å². The number of hydrogen-bond acceptors (Lipinski definition) is 4. The van der Waals surface area contributed by atoms with Crippen LogP contribution in [0, 0.1) is 5.92 Å². The monoisotopic (exact) mass is 238 g/mol. The average Bonchev–Trinajstić information content (AvgIpc) is 2.55. The minimum Gasteiger partial charge on any atom is -0.392 e. The Morgan fingerprint density at radius 1 is 1.53 bits per heavy atom. The van der Waals surface area contributed by atoms with Gasteiger partial charge in [0.05, 0.1) is 12.6 Å². The van der Waals surface area contributed by atoms with Gasteiger partial charge < -0.3 is 15.0 Å². The van der Waals surface area contributed by atoms with Gasteiger partial charge in [-0.25, -0.2) is 0 Å². The molecule has 1 saturated heterocycles. The fourth-order valence-corrected chi connectivity index (χ4v) is 2.43. The van der Waals surface area contributed by atoms with Gasteiger partial charge in [-0.1, -0.05) is 0 Å². The van der Waals surface area contributed by atoms with Gasteiger partial charge in [-0.3, -0.25) is 0 Å². The summed E-state index contributed by atoms with van der Waals surface area (Å²) in [6.45, 7) is 4.62. The van der Waals surface area contributed by atoms with Crippen molar-refractivity contribution in [1.82, 2.24) is 20.1 Å². The number of aliphatic hydroxyl groups is 1. The predicted octanol–water partition coefficient (Wildman–Crippen LogP) is 0.591. The number of aromatic nitrogens is 3. The maximum Gasteiger partial charge on any atom is 0.133 e. The molecule has 2 atom stereocenters. The van der Waals surface area contributed by atoms with E-state index in [0.29, 0.717) is 12.5 Å². The van der Waals surface area contributed by atoms with Crippen LogP contribution in [0.1, 0.15) is 32.0 Å². The fraction of sp³-hybridized carbons (Fsp3) is 0.833. The molecule has 1 aromatic rings. The van der Waals surface area contributed by atoms with Gasteiger partial charge >= 0.3 is 0 Å². The van der Waals surface area contributed by atoms with Gasteiger partial charge in [-0.05, 0) is 45.2 Å². The van der Waals surface area contributed by atoms with Crippen molar-refractivity contribution in [2.24, 2.45) is 5.92 Å². The molecule has 0 aliphatic carbocycles. The van der Waals surface area contributed by atoms with Crippen LogP contribution in [0.2, 0.25) is 0 Å². The lowest BCUT2D eigenvalue weighted by Crippen LogP contribution is -2.17. The molecule has 5 heteroatoms. The lowest BCUT2D eigenvalue weighted by atomic mass is 9.96. The van der Waals surface area contributed by atoms with E-state index >= 15 is 0 Å². The summed E-state index contributed by atoms with van der Waals surface area (Å²) in [6, 6.07) is 0. The van der Waals surface area contributed by atoms with Crippen molar-refractivity contribution >= 4 is 0 Å². The van der Waals surface area contributed by atoms with Gasteiger partial charge in [0.25, 0.3) is 0 Å². The third kappa shape index (κ3) is 3.78. The van der Waals surface area contributed by atoms with Gasteiger partial charge in [-0.2, -0.15) is 0 Å². The number of nitrogens with one attached hydrogen (secondary N) is 1. The van der Waals surface area contributed by atoms with E-state index in [1.807, 2.05) is 4.57 Å². The Morgan fingerprint density at radius 3 is 3.24 bits per heavy atom. The second-order valence-electron chi connectivity index (χ2n) is 5.00. The van der Waals surface area contributed by atoms with Crippen LogP contribution in [0.25, 0.3) is 0 Å². The first-order chi connectivity index (χ1) is 8.25. The van der Waals surface area contributed by atoms with Gasteiger partial charge in [0, 0.05) is 6.42 Å². The van der Waals surface area contributed by atoms with Crippen molar-refractivity contribution in [3.63, 3.8) is 0 Å². The van der Waals surface area contributed by atoms with E-state index in [-0.39, 0.29) is 6.10 Å². The first kappa shape index (κ1) is 12.5. The second kappa shape index (κ2) is 6.12. The molecule has 1 fully saturated rings. The Kier molecular flexibility index (Phi) is 4.50. The summed E-state index contributed by atoms with van der Waals surface area (Å²) < 4.78 is 1.98. The molecule has 2 N–H and O–H groups in total. The van der Waals surface area contributed by atoms with Crippen LogP contribution in [0.3, 0.4) is 0 Å². The largest absolute Gasteiger partial charge is 0.392 e. The van der Waals surface area contributed by atoms with E-state index in [2.05, 4.69) is 15.5 Å². The molecule has 1 aliphatic rings. The van der Waals surface area contributed by atoms with E-state index in [4.69, 9.17) is 0 Å². The van der Waals surface area contributed by atoms with Gasteiger partial charge in [-0.15, -0.1) is 10.2 Å². The lowest BCUT2D eigenvalue weighted by Gasteiger charge is -2.14. The SMILES string of the molecule is CC(O)Cn1cnnc1CC1CCCNCC1. The number of nitrogens with zero attached hydrogens (tertiary/aromatic N) is 3. The molecule has 17 heavy (non-hydrogen) atoms. The maximum absolute atomic E-state index is 9.41. The molecule has 5 nitrogen and oxygen atoms in total. The molecule has 0 spiro atoms. The number of hydrogen-bond donors (Lipinski definition) is 2. The van der Waals surface area contributed by atoms with Crippen molar-refractivity contribution in [3.8, 4) is 0 Å². The van der Waals surface area contributed by atoms with Crippen molar-refractivity contribution < 1.29 is 5.11 Å². The third-order valence-corrected chi connectivity index (χ3v) is 3.32. The molecule has 1 aromatic heterocycles. The zero-order chi connectivity index (χ0) is 12.1. The van der Waals surface area contributed by atoms with Crippen LogP contribution in [0.4, 0.5) is 0 Å². The Labute approximate surface area is 102 Å². The van der Waals surface area contributed by atoms with Crippen molar-refractivity contribution in [2.45, 2.75) is 45.3 Å². The molecule has 0 aromatic carbocycles. The highest BCUT2D eigenvalue weighted by atomic mass is 16.3. The molecule has 0 bridgehead atoms. The Hall–Kier alpha value is -0.940. The number of aliphatic hydroxyl groups excluding tert-OH is 1. The molecule has 2 unspecified atom stereocenters. The standard InChI is InChI=1S/C12H22N4O/c1-10(17)8-16-9-14-15-12(16)7-11-3-2-5-13-6-4-11/h9-11,13,17H,2-8H2,1H3. The van der Waals surface area contributed by atoms with Gasteiger partial charge in [0.15, 0.2) is 0 Å². The van der Waals surface area contributed by atoms with Crippen molar-refractivity contribution in [3.05, 3.63) is 12.2 Å². The Balaban J connectivity index is 1.94. The Bertz CT molecular complexity index is 329. The molecular formula is C12H22N4O. The molecular weight excluding hydrogens is 216 g/mol. The summed E-state index contributed by atoms with van der Waals surface area (Å²) in [5.74, 6) is 1.71. The minimum atomic E-state index is -0.347. The summed E-state index contributed by atoms with van der Waals surface area (Å²) in [4.78, 5) is 0. The average molecular weight is 238 g/mol. The molecule has 2 rings (SSSR count). The third-order valence-electron chi connectivity index (χ3n) is 3.32. The lowest BCUT2D eigenvalue weighted by molar-refractivity contribution is 0.171. The first-order valence-corrected chi connectivity index (χ1v) is 6.51. The molecule has 0 amide bonds. The molecule has 1 aliphatic heterocycles. The van der Waals surface area contributed by atoms with Crippen LogP contribution >= 0.6 is 0 Å². The first-order valence-electron chi connectivity index (χ1n) is 6.51. The van der Waals surface area contributed by atoms with Crippen molar-refractivity contribution in [1.29, 1.82) is 0 Å². The van der Waals surface area contributed by atoms with Crippen LogP contribution in [0.5, 0.6) is 0 Å².